The van der Waals surface area contributed by atoms with Gasteiger partial charge in [-0.1, -0.05) is 35.5 Å². The molecular formula is C19H15ClFN3OS. The van der Waals surface area contributed by atoms with Crippen LogP contribution in [-0.2, 0) is 11.3 Å². The maximum absolute atomic E-state index is 12.9. The molecule has 4 nitrogen and oxygen atoms in total. The van der Waals surface area contributed by atoms with Crippen LogP contribution in [0.2, 0.25) is 5.02 Å². The van der Waals surface area contributed by atoms with E-state index >= 15 is 0 Å². The van der Waals surface area contributed by atoms with Crippen LogP contribution >= 0.6 is 23.4 Å². The Kier molecular flexibility index (Phi) is 6.20. The van der Waals surface area contributed by atoms with Crippen LogP contribution < -0.4 is 5.32 Å². The Morgan fingerprint density at radius 1 is 1.00 bits per heavy atom. The lowest BCUT2D eigenvalue weighted by Gasteiger charge is -2.05. The first-order chi connectivity index (χ1) is 12.6. The molecule has 26 heavy (non-hydrogen) atoms. The fourth-order valence-corrected chi connectivity index (χ4v) is 2.93. The summed E-state index contributed by atoms with van der Waals surface area (Å²) < 4.78 is 12.9. The van der Waals surface area contributed by atoms with Gasteiger partial charge in [0.15, 0.2) is 0 Å². The molecule has 0 radical (unpaired) electrons. The zero-order valence-corrected chi connectivity index (χ0v) is 15.2. The Labute approximate surface area is 159 Å². The molecule has 0 bridgehead atoms. The molecule has 0 aliphatic rings. The van der Waals surface area contributed by atoms with E-state index in [9.17, 15) is 9.18 Å². The number of hydrogen-bond acceptors (Lipinski definition) is 4. The summed E-state index contributed by atoms with van der Waals surface area (Å²) in [5.74, 6) is -0.133. The van der Waals surface area contributed by atoms with E-state index < -0.39 is 0 Å². The van der Waals surface area contributed by atoms with Crippen LogP contribution in [-0.4, -0.2) is 21.9 Å². The third kappa shape index (κ3) is 5.28. The maximum Gasteiger partial charge on any atom is 0.230 e. The van der Waals surface area contributed by atoms with Crippen molar-refractivity contribution in [3.8, 4) is 11.3 Å². The van der Waals surface area contributed by atoms with Crippen LogP contribution in [0.15, 0.2) is 65.7 Å². The van der Waals surface area contributed by atoms with Crippen molar-refractivity contribution in [2.24, 2.45) is 0 Å². The van der Waals surface area contributed by atoms with E-state index in [1.54, 1.807) is 36.4 Å². The van der Waals surface area contributed by atoms with Gasteiger partial charge < -0.3 is 5.32 Å². The van der Waals surface area contributed by atoms with Gasteiger partial charge in [0, 0.05) is 17.1 Å². The Bertz CT molecular complexity index is 871. The molecule has 3 rings (SSSR count). The summed E-state index contributed by atoms with van der Waals surface area (Å²) in [5, 5.41) is 12.4. The van der Waals surface area contributed by atoms with Gasteiger partial charge in [-0.25, -0.2) is 4.39 Å². The first kappa shape index (κ1) is 18.4. The predicted molar refractivity (Wildman–Crippen MR) is 101 cm³/mol. The Balaban J connectivity index is 1.49. The number of halogens is 2. The summed E-state index contributed by atoms with van der Waals surface area (Å²) >= 11 is 7.13. The van der Waals surface area contributed by atoms with Crippen LogP contribution in [0.4, 0.5) is 4.39 Å². The minimum absolute atomic E-state index is 0.0886. The van der Waals surface area contributed by atoms with Crippen LogP contribution in [0.3, 0.4) is 0 Å². The molecule has 0 saturated heterocycles. The summed E-state index contributed by atoms with van der Waals surface area (Å²) in [6.45, 7) is 0.450. The lowest BCUT2D eigenvalue weighted by atomic mass is 10.1. The Morgan fingerprint density at radius 2 is 1.73 bits per heavy atom. The van der Waals surface area contributed by atoms with Crippen LogP contribution in [0.25, 0.3) is 11.3 Å². The number of hydrogen-bond donors (Lipinski definition) is 1. The highest BCUT2D eigenvalue weighted by atomic mass is 35.5. The van der Waals surface area contributed by atoms with Gasteiger partial charge in [-0.3, -0.25) is 4.79 Å². The zero-order chi connectivity index (χ0) is 18.4. The smallest absolute Gasteiger partial charge is 0.230 e. The topological polar surface area (TPSA) is 54.9 Å². The minimum atomic E-state index is -0.293. The Hall–Kier alpha value is -2.44. The molecule has 0 saturated carbocycles. The summed E-state index contributed by atoms with van der Waals surface area (Å²) in [5.41, 5.74) is 2.42. The second kappa shape index (κ2) is 8.78. The van der Waals surface area contributed by atoms with E-state index in [1.807, 2.05) is 12.1 Å². The molecule has 0 spiro atoms. The van der Waals surface area contributed by atoms with Crippen LogP contribution in [0, 0.1) is 5.82 Å². The predicted octanol–water partition coefficient (Wildman–Crippen LogP) is 4.34. The number of rotatable bonds is 6. The summed E-state index contributed by atoms with van der Waals surface area (Å²) in [6, 6.07) is 17.0. The highest BCUT2D eigenvalue weighted by molar-refractivity contribution is 7.99. The van der Waals surface area contributed by atoms with Gasteiger partial charge in [0.2, 0.25) is 5.91 Å². The first-order valence-corrected chi connectivity index (χ1v) is 9.20. The molecule has 2 aromatic carbocycles. The van der Waals surface area contributed by atoms with Gasteiger partial charge in [-0.2, -0.15) is 0 Å². The average Bonchev–Trinajstić information content (AvgIpc) is 2.67. The number of benzene rings is 2. The fraction of sp³-hybridized carbons (Fsp3) is 0.105. The third-order valence-corrected chi connectivity index (χ3v) is 4.71. The second-order valence-corrected chi connectivity index (χ2v) is 6.89. The average molecular weight is 388 g/mol. The van der Waals surface area contributed by atoms with Crippen molar-refractivity contribution < 1.29 is 9.18 Å². The molecule has 1 amide bonds. The van der Waals surface area contributed by atoms with E-state index in [4.69, 9.17) is 11.6 Å². The third-order valence-electron chi connectivity index (χ3n) is 3.53. The molecule has 0 atom stereocenters. The van der Waals surface area contributed by atoms with E-state index in [0.29, 0.717) is 22.3 Å². The molecule has 0 unspecified atom stereocenters. The molecule has 7 heteroatoms. The minimum Gasteiger partial charge on any atom is -0.351 e. The van der Waals surface area contributed by atoms with Crippen molar-refractivity contribution in [1.82, 2.24) is 15.5 Å². The van der Waals surface area contributed by atoms with Gasteiger partial charge in [0.1, 0.15) is 10.8 Å². The first-order valence-electron chi connectivity index (χ1n) is 7.84. The van der Waals surface area contributed by atoms with Gasteiger partial charge in [0.05, 0.1) is 11.4 Å². The number of carbonyl (C=O) groups is 1. The number of aromatic nitrogens is 2. The van der Waals surface area contributed by atoms with E-state index in [-0.39, 0.29) is 17.5 Å². The second-order valence-electron chi connectivity index (χ2n) is 5.46. The quantitative estimate of drug-likeness (QED) is 0.639. The highest BCUT2D eigenvalue weighted by Crippen LogP contribution is 2.20. The van der Waals surface area contributed by atoms with Crippen molar-refractivity contribution in [2.45, 2.75) is 11.6 Å². The number of nitrogens with one attached hydrogen (secondary N) is 1. The number of nitrogens with zero attached hydrogens (tertiary/aromatic N) is 2. The molecular weight excluding hydrogens is 373 g/mol. The lowest BCUT2D eigenvalue weighted by molar-refractivity contribution is -0.118. The van der Waals surface area contributed by atoms with Gasteiger partial charge in [-0.15, -0.1) is 10.2 Å². The Morgan fingerprint density at radius 3 is 2.38 bits per heavy atom. The van der Waals surface area contributed by atoms with Crippen molar-refractivity contribution in [1.29, 1.82) is 0 Å². The van der Waals surface area contributed by atoms with Crippen molar-refractivity contribution in [3.63, 3.8) is 0 Å². The van der Waals surface area contributed by atoms with Crippen molar-refractivity contribution in [3.05, 3.63) is 77.1 Å². The van der Waals surface area contributed by atoms with E-state index in [0.717, 1.165) is 11.1 Å². The number of carbonyl (C=O) groups excluding carboxylic acids is 1. The molecule has 1 N–H and O–H groups in total. The van der Waals surface area contributed by atoms with Gasteiger partial charge in [0.25, 0.3) is 0 Å². The van der Waals surface area contributed by atoms with Gasteiger partial charge in [-0.05, 0) is 54.1 Å². The molecule has 0 fully saturated rings. The van der Waals surface area contributed by atoms with Crippen LogP contribution in [0.1, 0.15) is 5.56 Å². The summed E-state index contributed by atoms with van der Waals surface area (Å²) in [7, 11) is 0. The van der Waals surface area contributed by atoms with Crippen LogP contribution in [0.5, 0.6) is 0 Å². The molecule has 132 valence electrons. The standard InChI is InChI=1S/C19H15ClFN3OS/c20-15-5-1-13(2-6-15)11-22-18(25)12-26-19-10-9-17(23-24-19)14-3-7-16(21)8-4-14/h1-10H,11-12H2,(H,22,25). The van der Waals surface area contributed by atoms with E-state index in [1.165, 1.54) is 23.9 Å². The maximum atomic E-state index is 12.9. The summed E-state index contributed by atoms with van der Waals surface area (Å²) in [4.78, 5) is 11.9. The highest BCUT2D eigenvalue weighted by Gasteiger charge is 2.06. The molecule has 1 heterocycles. The normalized spacial score (nSPS) is 10.5. The van der Waals surface area contributed by atoms with Gasteiger partial charge >= 0.3 is 0 Å². The molecule has 0 aliphatic carbocycles. The van der Waals surface area contributed by atoms with Crippen molar-refractivity contribution in [2.75, 3.05) is 5.75 Å². The zero-order valence-electron chi connectivity index (χ0n) is 13.7. The fourth-order valence-electron chi connectivity index (χ4n) is 2.17. The van der Waals surface area contributed by atoms with Crippen molar-refractivity contribution >= 4 is 29.3 Å². The number of amides is 1. The van der Waals surface area contributed by atoms with E-state index in [2.05, 4.69) is 15.5 Å². The monoisotopic (exact) mass is 387 g/mol. The lowest BCUT2D eigenvalue weighted by Crippen LogP contribution is -2.24. The molecule has 1 aromatic heterocycles. The largest absolute Gasteiger partial charge is 0.351 e. The molecule has 0 aliphatic heterocycles. The number of thioether (sulfide) groups is 1. The molecule has 3 aromatic rings. The SMILES string of the molecule is O=C(CSc1ccc(-c2ccc(F)cc2)nn1)NCc1ccc(Cl)cc1. The summed E-state index contributed by atoms with van der Waals surface area (Å²) in [6.07, 6.45) is 0.